The Bertz CT molecular complexity index is 1490. The van der Waals surface area contributed by atoms with Crippen LogP contribution in [0.15, 0.2) is 101 Å². The average molecular weight is 567 g/mol. The van der Waals surface area contributed by atoms with Crippen molar-refractivity contribution in [2.75, 3.05) is 5.32 Å². The second-order valence-electron chi connectivity index (χ2n) is 8.88. The number of benzene rings is 4. The first-order valence-electron chi connectivity index (χ1n) is 12.1. The number of rotatable bonds is 9. The van der Waals surface area contributed by atoms with Gasteiger partial charge in [-0.05, 0) is 73.5 Å². The van der Waals surface area contributed by atoms with E-state index < -0.39 is 5.91 Å². The Labute approximate surface area is 231 Å². The molecule has 0 aliphatic carbocycles. The van der Waals surface area contributed by atoms with Crippen molar-refractivity contribution in [2.24, 2.45) is 0 Å². The fraction of sp³-hybridized carbons (Fsp3) is 0.125. The topological polar surface area (TPSA) is 71.3 Å². The Morgan fingerprint density at radius 1 is 0.868 bits per heavy atom. The Kier molecular flexibility index (Phi) is 8.97. The Morgan fingerprint density at radius 3 is 2.32 bits per heavy atom. The van der Waals surface area contributed by atoms with Gasteiger partial charge >= 0.3 is 0 Å². The van der Waals surface area contributed by atoms with E-state index in [1.54, 1.807) is 24.3 Å². The van der Waals surface area contributed by atoms with Gasteiger partial charge in [0.15, 0.2) is 0 Å². The van der Waals surface area contributed by atoms with Crippen LogP contribution in [0.4, 0.5) is 5.69 Å². The number of ether oxygens (including phenoxy) is 2. The Balaban J connectivity index is 1.42. The van der Waals surface area contributed by atoms with Crippen LogP contribution in [0.25, 0.3) is 6.08 Å². The minimum absolute atomic E-state index is 0.0387. The zero-order chi connectivity index (χ0) is 26.9. The molecule has 0 radical (unpaired) electrons. The van der Waals surface area contributed by atoms with Crippen molar-refractivity contribution in [1.29, 1.82) is 5.26 Å². The van der Waals surface area contributed by atoms with E-state index in [-0.39, 0.29) is 5.57 Å². The molecule has 0 saturated carbocycles. The molecule has 190 valence electrons. The van der Waals surface area contributed by atoms with Crippen LogP contribution in [-0.2, 0) is 18.0 Å². The lowest BCUT2D eigenvalue weighted by atomic mass is 10.1. The van der Waals surface area contributed by atoms with Crippen LogP contribution in [0, 0.1) is 25.2 Å². The first kappa shape index (κ1) is 26.7. The number of nitriles is 1. The summed E-state index contributed by atoms with van der Waals surface area (Å²) in [5.41, 5.74) is 5.60. The number of carbonyl (C=O) groups excluding carboxylic acids is 1. The number of nitrogens with one attached hydrogen (secondary N) is 1. The van der Waals surface area contributed by atoms with Gasteiger partial charge in [0.2, 0.25) is 0 Å². The van der Waals surface area contributed by atoms with E-state index in [9.17, 15) is 10.1 Å². The largest absolute Gasteiger partial charge is 0.489 e. The van der Waals surface area contributed by atoms with Gasteiger partial charge in [-0.15, -0.1) is 0 Å². The van der Waals surface area contributed by atoms with Crippen LogP contribution in [0.5, 0.6) is 11.5 Å². The SMILES string of the molecule is Cc1ccc(COc2ccc(NC(=O)/C(C#N)=C/c3cc(Br)ccc3OCc3cccc(C)c3)cc2)cc1. The average Bonchev–Trinajstić information content (AvgIpc) is 2.91. The second kappa shape index (κ2) is 12.8. The number of carbonyl (C=O) groups is 1. The monoisotopic (exact) mass is 566 g/mol. The van der Waals surface area contributed by atoms with Gasteiger partial charge in [0.05, 0.1) is 0 Å². The Hall–Kier alpha value is -4.34. The summed E-state index contributed by atoms with van der Waals surface area (Å²) in [6, 6.07) is 30.8. The summed E-state index contributed by atoms with van der Waals surface area (Å²) in [5, 5.41) is 12.5. The molecule has 38 heavy (non-hydrogen) atoms. The molecule has 0 heterocycles. The molecule has 0 aliphatic rings. The third-order valence-corrected chi connectivity index (χ3v) is 6.25. The highest BCUT2D eigenvalue weighted by molar-refractivity contribution is 9.10. The lowest BCUT2D eigenvalue weighted by molar-refractivity contribution is -0.112. The van der Waals surface area contributed by atoms with Crippen LogP contribution in [0.1, 0.15) is 27.8 Å². The molecule has 0 fully saturated rings. The Morgan fingerprint density at radius 2 is 1.61 bits per heavy atom. The van der Waals surface area contributed by atoms with Crippen molar-refractivity contribution in [3.8, 4) is 17.6 Å². The molecule has 5 nitrogen and oxygen atoms in total. The summed E-state index contributed by atoms with van der Waals surface area (Å²) in [6.45, 7) is 4.90. The normalized spacial score (nSPS) is 10.9. The summed E-state index contributed by atoms with van der Waals surface area (Å²) in [6.07, 6.45) is 1.53. The van der Waals surface area contributed by atoms with Crippen molar-refractivity contribution < 1.29 is 14.3 Å². The van der Waals surface area contributed by atoms with Crippen LogP contribution in [0.2, 0.25) is 0 Å². The lowest BCUT2D eigenvalue weighted by Crippen LogP contribution is -2.13. The molecule has 4 rings (SSSR count). The zero-order valence-corrected chi connectivity index (χ0v) is 22.8. The molecule has 0 aromatic heterocycles. The maximum absolute atomic E-state index is 12.9. The maximum Gasteiger partial charge on any atom is 0.266 e. The molecule has 0 aliphatic heterocycles. The molecule has 1 N–H and O–H groups in total. The van der Waals surface area contributed by atoms with Crippen LogP contribution >= 0.6 is 15.9 Å². The van der Waals surface area contributed by atoms with Gasteiger partial charge in [-0.3, -0.25) is 4.79 Å². The maximum atomic E-state index is 12.9. The first-order chi connectivity index (χ1) is 18.4. The summed E-state index contributed by atoms with van der Waals surface area (Å²) in [4.78, 5) is 12.9. The minimum atomic E-state index is -0.509. The molecular formula is C32H27BrN2O3. The molecule has 0 bridgehead atoms. The third kappa shape index (κ3) is 7.58. The second-order valence-corrected chi connectivity index (χ2v) is 9.80. The number of aryl methyl sites for hydroxylation is 2. The predicted molar refractivity (Wildman–Crippen MR) is 154 cm³/mol. The van der Waals surface area contributed by atoms with Gasteiger partial charge in [-0.2, -0.15) is 5.26 Å². The van der Waals surface area contributed by atoms with Crippen LogP contribution in [0.3, 0.4) is 0 Å². The molecule has 1 amide bonds. The number of amides is 1. The molecule has 4 aromatic carbocycles. The van der Waals surface area contributed by atoms with E-state index in [1.807, 2.05) is 80.6 Å². The van der Waals surface area contributed by atoms with Crippen LogP contribution < -0.4 is 14.8 Å². The smallest absolute Gasteiger partial charge is 0.266 e. The minimum Gasteiger partial charge on any atom is -0.489 e. The van der Waals surface area contributed by atoms with Gasteiger partial charge in [0.1, 0.15) is 36.4 Å². The molecule has 0 saturated heterocycles. The van der Waals surface area contributed by atoms with Gasteiger partial charge in [0, 0.05) is 15.7 Å². The number of hydrogen-bond acceptors (Lipinski definition) is 4. The predicted octanol–water partition coefficient (Wildman–Crippen LogP) is 7.77. The van der Waals surface area contributed by atoms with E-state index in [0.717, 1.165) is 21.2 Å². The zero-order valence-electron chi connectivity index (χ0n) is 21.2. The van der Waals surface area contributed by atoms with Crippen molar-refractivity contribution in [3.05, 3.63) is 129 Å². The van der Waals surface area contributed by atoms with E-state index in [2.05, 4.69) is 27.3 Å². The molecule has 4 aromatic rings. The number of hydrogen-bond donors (Lipinski definition) is 1. The molecule has 0 unspecified atom stereocenters. The van der Waals surface area contributed by atoms with Gasteiger partial charge in [-0.1, -0.05) is 75.6 Å². The van der Waals surface area contributed by atoms with Crippen molar-refractivity contribution in [2.45, 2.75) is 27.1 Å². The van der Waals surface area contributed by atoms with Gasteiger partial charge in [-0.25, -0.2) is 0 Å². The summed E-state index contributed by atoms with van der Waals surface area (Å²) in [7, 11) is 0. The van der Waals surface area contributed by atoms with E-state index >= 15 is 0 Å². The molecular weight excluding hydrogens is 540 g/mol. The summed E-state index contributed by atoms with van der Waals surface area (Å²) < 4.78 is 12.7. The van der Waals surface area contributed by atoms with E-state index in [4.69, 9.17) is 9.47 Å². The van der Waals surface area contributed by atoms with Crippen molar-refractivity contribution >= 4 is 33.6 Å². The summed E-state index contributed by atoms with van der Waals surface area (Å²) >= 11 is 3.46. The quantitative estimate of drug-likeness (QED) is 0.166. The number of halogens is 1. The fourth-order valence-corrected chi connectivity index (χ4v) is 4.09. The van der Waals surface area contributed by atoms with Gasteiger partial charge in [0.25, 0.3) is 5.91 Å². The number of nitrogens with zero attached hydrogens (tertiary/aromatic N) is 1. The van der Waals surface area contributed by atoms with Gasteiger partial charge < -0.3 is 14.8 Å². The highest BCUT2D eigenvalue weighted by Gasteiger charge is 2.12. The highest BCUT2D eigenvalue weighted by Crippen LogP contribution is 2.27. The lowest BCUT2D eigenvalue weighted by Gasteiger charge is -2.11. The standard InChI is InChI=1S/C32H27BrN2O3/c1-22-6-8-24(9-7-22)20-37-30-13-11-29(12-14-30)35-32(36)27(19-34)17-26-18-28(33)10-15-31(26)38-21-25-5-3-4-23(2)16-25/h3-18H,20-21H2,1-2H3,(H,35,36)/b27-17+. The van der Waals surface area contributed by atoms with E-state index in [0.29, 0.717) is 36.0 Å². The van der Waals surface area contributed by atoms with Crippen LogP contribution in [-0.4, -0.2) is 5.91 Å². The first-order valence-corrected chi connectivity index (χ1v) is 12.9. The summed E-state index contributed by atoms with van der Waals surface area (Å²) in [5.74, 6) is 0.750. The number of anilines is 1. The molecule has 0 atom stereocenters. The fourth-order valence-electron chi connectivity index (χ4n) is 3.71. The van der Waals surface area contributed by atoms with Crippen molar-refractivity contribution in [1.82, 2.24) is 0 Å². The molecule has 0 spiro atoms. The third-order valence-electron chi connectivity index (χ3n) is 5.75. The van der Waals surface area contributed by atoms with Crippen molar-refractivity contribution in [3.63, 3.8) is 0 Å². The van der Waals surface area contributed by atoms with E-state index in [1.165, 1.54) is 11.6 Å². The molecule has 6 heteroatoms. The highest BCUT2D eigenvalue weighted by atomic mass is 79.9.